The van der Waals surface area contributed by atoms with Gasteiger partial charge >= 0.3 is 0 Å². The van der Waals surface area contributed by atoms with E-state index in [2.05, 4.69) is 23.4 Å². The SMILES string of the molecule is CC[C@@H](NC(=O)[C@H]1OCCc2ccccc21)c1cnn(CC)c1. The van der Waals surface area contributed by atoms with Crippen molar-refractivity contribution < 1.29 is 9.53 Å². The van der Waals surface area contributed by atoms with Crippen molar-refractivity contribution in [3.8, 4) is 0 Å². The number of aryl methyl sites for hydroxylation is 1. The van der Waals surface area contributed by atoms with Crippen LogP contribution < -0.4 is 5.32 Å². The van der Waals surface area contributed by atoms with Crippen molar-refractivity contribution in [3.05, 3.63) is 53.3 Å². The van der Waals surface area contributed by atoms with Crippen LogP contribution >= 0.6 is 0 Å². The first kappa shape index (κ1) is 15.7. The lowest BCUT2D eigenvalue weighted by Crippen LogP contribution is -2.36. The van der Waals surface area contributed by atoms with E-state index >= 15 is 0 Å². The van der Waals surface area contributed by atoms with Crippen LogP contribution in [0.3, 0.4) is 0 Å². The van der Waals surface area contributed by atoms with Gasteiger partial charge in [-0.25, -0.2) is 0 Å². The average molecular weight is 313 g/mol. The molecule has 1 N–H and O–H groups in total. The van der Waals surface area contributed by atoms with E-state index in [-0.39, 0.29) is 11.9 Å². The molecule has 1 aliphatic heterocycles. The Morgan fingerprint density at radius 2 is 2.26 bits per heavy atom. The maximum Gasteiger partial charge on any atom is 0.254 e. The lowest BCUT2D eigenvalue weighted by Gasteiger charge is -2.27. The van der Waals surface area contributed by atoms with Crippen LogP contribution in [0, 0.1) is 0 Å². The van der Waals surface area contributed by atoms with E-state index in [4.69, 9.17) is 4.74 Å². The Balaban J connectivity index is 1.75. The summed E-state index contributed by atoms with van der Waals surface area (Å²) in [5.74, 6) is -0.0757. The third kappa shape index (κ3) is 3.29. The standard InChI is InChI=1S/C18H23N3O2/c1-3-16(14-11-19-21(4-2)12-14)20-18(22)17-15-8-6-5-7-13(15)9-10-23-17/h5-8,11-12,16-17H,3-4,9-10H2,1-2H3,(H,20,22)/t16-,17+/m1/s1. The van der Waals surface area contributed by atoms with Crippen LogP contribution in [0.1, 0.15) is 49.1 Å². The van der Waals surface area contributed by atoms with Gasteiger partial charge in [-0.2, -0.15) is 5.10 Å². The highest BCUT2D eigenvalue weighted by Crippen LogP contribution is 2.28. The molecular formula is C18H23N3O2. The minimum absolute atomic E-state index is 0.0412. The van der Waals surface area contributed by atoms with Crippen LogP contribution in [0.4, 0.5) is 0 Å². The van der Waals surface area contributed by atoms with Gasteiger partial charge in [-0.1, -0.05) is 31.2 Å². The normalized spacial score (nSPS) is 18.3. The van der Waals surface area contributed by atoms with Gasteiger partial charge in [-0.3, -0.25) is 9.48 Å². The molecule has 0 spiro atoms. The van der Waals surface area contributed by atoms with Gasteiger partial charge in [0.25, 0.3) is 5.91 Å². The van der Waals surface area contributed by atoms with E-state index in [0.717, 1.165) is 30.5 Å². The number of benzene rings is 1. The summed E-state index contributed by atoms with van der Waals surface area (Å²) in [7, 11) is 0. The molecule has 5 nitrogen and oxygen atoms in total. The first-order valence-electron chi connectivity index (χ1n) is 8.25. The van der Waals surface area contributed by atoms with Gasteiger partial charge in [0, 0.05) is 18.3 Å². The maximum absolute atomic E-state index is 12.7. The summed E-state index contributed by atoms with van der Waals surface area (Å²) in [6.45, 7) is 5.51. The summed E-state index contributed by atoms with van der Waals surface area (Å²) >= 11 is 0. The summed E-state index contributed by atoms with van der Waals surface area (Å²) < 4.78 is 7.61. The summed E-state index contributed by atoms with van der Waals surface area (Å²) in [4.78, 5) is 12.7. The minimum Gasteiger partial charge on any atom is -0.363 e. The topological polar surface area (TPSA) is 56.1 Å². The van der Waals surface area contributed by atoms with E-state index in [1.807, 2.05) is 42.2 Å². The number of carbonyl (C=O) groups is 1. The Labute approximate surface area is 136 Å². The third-order valence-corrected chi connectivity index (χ3v) is 4.34. The van der Waals surface area contributed by atoms with Crippen molar-refractivity contribution in [2.45, 2.75) is 45.4 Å². The van der Waals surface area contributed by atoms with Gasteiger partial charge in [0.05, 0.1) is 18.8 Å². The second kappa shape index (κ2) is 6.96. The highest BCUT2D eigenvalue weighted by Gasteiger charge is 2.28. The van der Waals surface area contributed by atoms with Crippen LogP contribution in [0.5, 0.6) is 0 Å². The van der Waals surface area contributed by atoms with Crippen LogP contribution in [0.25, 0.3) is 0 Å². The lowest BCUT2D eigenvalue weighted by molar-refractivity contribution is -0.135. The van der Waals surface area contributed by atoms with Crippen molar-refractivity contribution >= 4 is 5.91 Å². The Bertz CT molecular complexity index is 680. The summed E-state index contributed by atoms with van der Waals surface area (Å²) in [6, 6.07) is 7.97. The van der Waals surface area contributed by atoms with E-state index in [0.29, 0.717) is 6.61 Å². The number of rotatable bonds is 5. The van der Waals surface area contributed by atoms with Crippen molar-refractivity contribution in [1.29, 1.82) is 0 Å². The molecule has 3 rings (SSSR count). The quantitative estimate of drug-likeness (QED) is 0.923. The molecule has 0 unspecified atom stereocenters. The Hall–Kier alpha value is -2.14. The molecule has 5 heteroatoms. The molecule has 0 saturated carbocycles. The molecule has 0 fully saturated rings. The predicted molar refractivity (Wildman–Crippen MR) is 87.9 cm³/mol. The fourth-order valence-corrected chi connectivity index (χ4v) is 3.01. The number of carbonyl (C=O) groups excluding carboxylic acids is 1. The number of nitrogens with zero attached hydrogens (tertiary/aromatic N) is 2. The fraction of sp³-hybridized carbons (Fsp3) is 0.444. The average Bonchev–Trinajstić information content (AvgIpc) is 3.08. The molecule has 2 aromatic rings. The zero-order valence-corrected chi connectivity index (χ0v) is 13.7. The van der Waals surface area contributed by atoms with Gasteiger partial charge < -0.3 is 10.1 Å². The van der Waals surface area contributed by atoms with E-state index in [1.54, 1.807) is 0 Å². The number of nitrogens with one attached hydrogen (secondary N) is 1. The molecule has 0 radical (unpaired) electrons. The molecule has 0 bridgehead atoms. The molecule has 2 atom stereocenters. The van der Waals surface area contributed by atoms with Gasteiger partial charge in [-0.05, 0) is 30.9 Å². The van der Waals surface area contributed by atoms with Gasteiger partial charge in [0.2, 0.25) is 0 Å². The van der Waals surface area contributed by atoms with E-state index < -0.39 is 6.10 Å². The molecule has 1 amide bonds. The Morgan fingerprint density at radius 3 is 3.00 bits per heavy atom. The number of fused-ring (bicyclic) bond motifs is 1. The Kier molecular flexibility index (Phi) is 4.76. The second-order valence-electron chi connectivity index (χ2n) is 5.80. The number of hydrogen-bond acceptors (Lipinski definition) is 3. The second-order valence-corrected chi connectivity index (χ2v) is 5.80. The Morgan fingerprint density at radius 1 is 1.43 bits per heavy atom. The van der Waals surface area contributed by atoms with Crippen LogP contribution in [0.15, 0.2) is 36.7 Å². The van der Waals surface area contributed by atoms with Crippen molar-refractivity contribution in [2.75, 3.05) is 6.61 Å². The smallest absolute Gasteiger partial charge is 0.254 e. The molecule has 122 valence electrons. The van der Waals surface area contributed by atoms with Crippen LogP contribution in [-0.4, -0.2) is 22.3 Å². The van der Waals surface area contributed by atoms with Crippen LogP contribution in [-0.2, 0) is 22.5 Å². The number of hydrogen-bond donors (Lipinski definition) is 1. The molecule has 1 aromatic heterocycles. The molecule has 23 heavy (non-hydrogen) atoms. The lowest BCUT2D eigenvalue weighted by atomic mass is 9.96. The van der Waals surface area contributed by atoms with Gasteiger partial charge in [0.15, 0.2) is 6.10 Å². The predicted octanol–water partition coefficient (Wildman–Crippen LogP) is 2.78. The molecule has 1 aliphatic rings. The first-order valence-corrected chi connectivity index (χ1v) is 8.25. The number of ether oxygens (including phenoxy) is 1. The summed E-state index contributed by atoms with van der Waals surface area (Å²) in [5.41, 5.74) is 3.22. The number of amides is 1. The van der Waals surface area contributed by atoms with E-state index in [1.165, 1.54) is 5.56 Å². The largest absolute Gasteiger partial charge is 0.363 e. The highest BCUT2D eigenvalue weighted by atomic mass is 16.5. The minimum atomic E-state index is -0.518. The molecule has 1 aromatic carbocycles. The molecule has 0 saturated heterocycles. The number of aromatic nitrogens is 2. The van der Waals surface area contributed by atoms with Crippen molar-refractivity contribution in [2.24, 2.45) is 0 Å². The molecule has 0 aliphatic carbocycles. The summed E-state index contributed by atoms with van der Waals surface area (Å²) in [6.07, 6.45) is 4.98. The van der Waals surface area contributed by atoms with Crippen molar-refractivity contribution in [1.82, 2.24) is 15.1 Å². The monoisotopic (exact) mass is 313 g/mol. The summed E-state index contributed by atoms with van der Waals surface area (Å²) in [5, 5.41) is 7.41. The fourth-order valence-electron chi connectivity index (χ4n) is 3.01. The highest BCUT2D eigenvalue weighted by molar-refractivity contribution is 5.83. The first-order chi connectivity index (χ1) is 11.2. The zero-order chi connectivity index (χ0) is 16.2. The van der Waals surface area contributed by atoms with Gasteiger partial charge in [-0.15, -0.1) is 0 Å². The van der Waals surface area contributed by atoms with Crippen molar-refractivity contribution in [3.63, 3.8) is 0 Å². The zero-order valence-electron chi connectivity index (χ0n) is 13.7. The van der Waals surface area contributed by atoms with Gasteiger partial charge in [0.1, 0.15) is 0 Å². The van der Waals surface area contributed by atoms with E-state index in [9.17, 15) is 4.79 Å². The van der Waals surface area contributed by atoms with Crippen LogP contribution in [0.2, 0.25) is 0 Å². The maximum atomic E-state index is 12.7. The third-order valence-electron chi connectivity index (χ3n) is 4.34. The molecular weight excluding hydrogens is 290 g/mol. The molecule has 2 heterocycles.